The number of carbonyl (C=O) groups excluding carboxylic acids is 2. The minimum absolute atomic E-state index is 0.143. The third-order valence-corrected chi connectivity index (χ3v) is 3.40. The van der Waals surface area contributed by atoms with E-state index in [4.69, 9.17) is 5.11 Å². The molecule has 4 nitrogen and oxygen atoms in total. The minimum Gasteiger partial charge on any atom is -0.376 e. The van der Waals surface area contributed by atoms with Crippen molar-refractivity contribution in [2.24, 2.45) is 11.8 Å². The van der Waals surface area contributed by atoms with Crippen molar-refractivity contribution in [3.63, 3.8) is 0 Å². The van der Waals surface area contributed by atoms with Gasteiger partial charge in [-0.25, -0.2) is 0 Å². The average molecular weight is 209 g/mol. The predicted molar refractivity (Wildman–Crippen MR) is 53.5 cm³/mol. The van der Waals surface area contributed by atoms with Crippen LogP contribution in [0.4, 0.5) is 0 Å². The van der Waals surface area contributed by atoms with Crippen LogP contribution in [0.25, 0.3) is 0 Å². The van der Waals surface area contributed by atoms with Gasteiger partial charge in [0.15, 0.2) is 0 Å². The monoisotopic (exact) mass is 209 g/mol. The number of rotatable bonds is 1. The third kappa shape index (κ3) is 1.32. The highest BCUT2D eigenvalue weighted by molar-refractivity contribution is 6.19. The first-order valence-electron chi connectivity index (χ1n) is 5.29. The van der Waals surface area contributed by atoms with Crippen LogP contribution in [0.3, 0.4) is 0 Å². The molecule has 0 aromatic carbocycles. The maximum absolute atomic E-state index is 11.8. The van der Waals surface area contributed by atoms with E-state index in [1.165, 1.54) is 0 Å². The lowest BCUT2D eigenvalue weighted by molar-refractivity contribution is -0.141. The van der Waals surface area contributed by atoms with Gasteiger partial charge in [0.05, 0.1) is 0 Å². The van der Waals surface area contributed by atoms with Crippen molar-refractivity contribution in [3.05, 3.63) is 11.1 Å². The number of aliphatic hydroxyl groups excluding tert-OH is 1. The average Bonchev–Trinajstić information content (AvgIpc) is 2.46. The van der Waals surface area contributed by atoms with Crippen molar-refractivity contribution < 1.29 is 14.7 Å². The first kappa shape index (κ1) is 10.4. The smallest absolute Gasteiger partial charge is 0.259 e. The molecule has 0 saturated heterocycles. The van der Waals surface area contributed by atoms with E-state index in [9.17, 15) is 9.59 Å². The van der Waals surface area contributed by atoms with E-state index >= 15 is 0 Å². The van der Waals surface area contributed by atoms with E-state index in [2.05, 4.69) is 0 Å². The van der Waals surface area contributed by atoms with Gasteiger partial charge in [-0.05, 0) is 24.7 Å². The first-order valence-corrected chi connectivity index (χ1v) is 5.29. The number of hydrogen-bond donors (Lipinski definition) is 1. The maximum atomic E-state index is 11.8. The van der Waals surface area contributed by atoms with Gasteiger partial charge in [0, 0.05) is 11.1 Å². The summed E-state index contributed by atoms with van der Waals surface area (Å²) < 4.78 is 0. The van der Waals surface area contributed by atoms with Crippen LogP contribution in [-0.2, 0) is 9.59 Å². The summed E-state index contributed by atoms with van der Waals surface area (Å²) in [6.07, 6.45) is 1.89. The van der Waals surface area contributed by atoms with Crippen LogP contribution in [0.2, 0.25) is 0 Å². The Morgan fingerprint density at radius 2 is 1.53 bits per heavy atom. The predicted octanol–water partition coefficient (Wildman–Crippen LogP) is 0.668. The minimum atomic E-state index is -0.510. The van der Waals surface area contributed by atoms with Crippen molar-refractivity contribution in [1.29, 1.82) is 0 Å². The van der Waals surface area contributed by atoms with Gasteiger partial charge in [0.2, 0.25) is 0 Å². The molecule has 0 aromatic heterocycles. The first-order chi connectivity index (χ1) is 7.07. The van der Waals surface area contributed by atoms with Gasteiger partial charge < -0.3 is 5.11 Å². The molecule has 1 heterocycles. The summed E-state index contributed by atoms with van der Waals surface area (Å²) in [5.41, 5.74) is 1.26. The van der Waals surface area contributed by atoms with Crippen LogP contribution in [0.5, 0.6) is 0 Å². The fourth-order valence-electron chi connectivity index (χ4n) is 2.48. The Balaban J connectivity index is 2.47. The van der Waals surface area contributed by atoms with Gasteiger partial charge in [-0.1, -0.05) is 13.8 Å². The number of aliphatic hydroxyl groups is 1. The molecule has 0 radical (unpaired) electrons. The van der Waals surface area contributed by atoms with E-state index in [-0.39, 0.29) is 23.7 Å². The van der Waals surface area contributed by atoms with Gasteiger partial charge in [-0.3, -0.25) is 14.5 Å². The van der Waals surface area contributed by atoms with Crippen LogP contribution in [0.1, 0.15) is 26.7 Å². The Kier molecular flexibility index (Phi) is 2.38. The zero-order valence-electron chi connectivity index (χ0n) is 8.99. The molecule has 82 valence electrons. The molecule has 0 spiro atoms. The molecule has 1 N–H and O–H groups in total. The van der Waals surface area contributed by atoms with Crippen LogP contribution in [0.15, 0.2) is 11.1 Å². The fraction of sp³-hybridized carbons (Fsp3) is 0.636. The van der Waals surface area contributed by atoms with Crippen molar-refractivity contribution >= 4 is 11.8 Å². The van der Waals surface area contributed by atoms with E-state index in [0.29, 0.717) is 11.1 Å². The van der Waals surface area contributed by atoms with Crippen molar-refractivity contribution in [1.82, 2.24) is 4.90 Å². The molecule has 2 atom stereocenters. The molecule has 4 heteroatoms. The second-order valence-corrected chi connectivity index (χ2v) is 4.39. The molecule has 2 unspecified atom stereocenters. The van der Waals surface area contributed by atoms with E-state index in [1.54, 1.807) is 0 Å². The van der Waals surface area contributed by atoms with Crippen LogP contribution < -0.4 is 0 Å². The van der Waals surface area contributed by atoms with E-state index < -0.39 is 6.73 Å². The van der Waals surface area contributed by atoms with Gasteiger partial charge >= 0.3 is 0 Å². The summed E-state index contributed by atoms with van der Waals surface area (Å²) in [6, 6.07) is 0. The molecule has 2 aliphatic rings. The Bertz CT molecular complexity index is 327. The third-order valence-electron chi connectivity index (χ3n) is 3.40. The fourth-order valence-corrected chi connectivity index (χ4v) is 2.48. The molecule has 0 saturated carbocycles. The van der Waals surface area contributed by atoms with Crippen LogP contribution >= 0.6 is 0 Å². The van der Waals surface area contributed by atoms with Crippen molar-refractivity contribution in [3.8, 4) is 0 Å². The lowest BCUT2D eigenvalue weighted by atomic mass is 9.79. The summed E-state index contributed by atoms with van der Waals surface area (Å²) >= 11 is 0. The Labute approximate surface area is 88.6 Å². The highest BCUT2D eigenvalue weighted by Gasteiger charge is 2.43. The number of amides is 2. The Hall–Kier alpha value is -1.16. The van der Waals surface area contributed by atoms with Crippen LogP contribution in [0, 0.1) is 11.8 Å². The standard InChI is InChI=1S/C11H15NO3/c1-6-3-4-7(2)9-8(6)10(14)12(5-13)11(9)15/h6-7,13H,3-5H2,1-2H3. The van der Waals surface area contributed by atoms with Gasteiger partial charge in [-0.2, -0.15) is 0 Å². The molecule has 1 aliphatic heterocycles. The molecular formula is C11H15NO3. The second-order valence-electron chi connectivity index (χ2n) is 4.39. The molecule has 2 rings (SSSR count). The highest BCUT2D eigenvalue weighted by Crippen LogP contribution is 2.39. The number of imide groups is 1. The number of hydrogen-bond acceptors (Lipinski definition) is 3. The van der Waals surface area contributed by atoms with Crippen molar-refractivity contribution in [2.75, 3.05) is 6.73 Å². The normalized spacial score (nSPS) is 31.3. The molecular weight excluding hydrogens is 194 g/mol. The maximum Gasteiger partial charge on any atom is 0.259 e. The summed E-state index contributed by atoms with van der Waals surface area (Å²) in [4.78, 5) is 24.6. The largest absolute Gasteiger partial charge is 0.376 e. The number of nitrogens with zero attached hydrogens (tertiary/aromatic N) is 1. The molecule has 0 fully saturated rings. The zero-order chi connectivity index (χ0) is 11.2. The molecule has 2 amide bonds. The molecule has 15 heavy (non-hydrogen) atoms. The summed E-state index contributed by atoms with van der Waals surface area (Å²) in [6.45, 7) is 3.42. The van der Waals surface area contributed by atoms with E-state index in [0.717, 1.165) is 17.7 Å². The zero-order valence-corrected chi connectivity index (χ0v) is 8.99. The Morgan fingerprint density at radius 3 is 1.87 bits per heavy atom. The lowest BCUT2D eigenvalue weighted by Gasteiger charge is -2.23. The topological polar surface area (TPSA) is 57.6 Å². The summed E-state index contributed by atoms with van der Waals surface area (Å²) in [5.74, 6) is -0.304. The summed E-state index contributed by atoms with van der Waals surface area (Å²) in [7, 11) is 0. The number of carbonyl (C=O) groups is 2. The van der Waals surface area contributed by atoms with Crippen molar-refractivity contribution in [2.45, 2.75) is 26.7 Å². The van der Waals surface area contributed by atoms with Crippen LogP contribution in [-0.4, -0.2) is 28.6 Å². The Morgan fingerprint density at radius 1 is 1.13 bits per heavy atom. The summed E-state index contributed by atoms with van der Waals surface area (Å²) in [5, 5.41) is 8.98. The van der Waals surface area contributed by atoms with Gasteiger partial charge in [-0.15, -0.1) is 0 Å². The molecule has 0 bridgehead atoms. The quantitative estimate of drug-likeness (QED) is 0.646. The second kappa shape index (κ2) is 3.45. The molecule has 1 aliphatic carbocycles. The molecule has 0 aromatic rings. The highest BCUT2D eigenvalue weighted by atomic mass is 16.3. The van der Waals surface area contributed by atoms with Gasteiger partial charge in [0.25, 0.3) is 11.8 Å². The van der Waals surface area contributed by atoms with Gasteiger partial charge in [0.1, 0.15) is 6.73 Å². The van der Waals surface area contributed by atoms with E-state index in [1.807, 2.05) is 13.8 Å². The SMILES string of the molecule is CC1CCC(C)C2=C1C(=O)N(CO)C2=O. The lowest BCUT2D eigenvalue weighted by Crippen LogP contribution is -2.33.